The summed E-state index contributed by atoms with van der Waals surface area (Å²) in [7, 11) is 1.77. The number of amides is 1. The molecule has 33 heavy (non-hydrogen) atoms. The molecule has 1 fully saturated rings. The Morgan fingerprint density at radius 2 is 1.88 bits per heavy atom. The molecule has 0 bridgehead atoms. The molecule has 8 heteroatoms. The number of carbonyl (C=O) groups excluding carboxylic acids is 1. The van der Waals surface area contributed by atoms with Gasteiger partial charge in [0.15, 0.2) is 0 Å². The van der Waals surface area contributed by atoms with Crippen molar-refractivity contribution in [3.8, 4) is 0 Å². The van der Waals surface area contributed by atoms with Crippen LogP contribution in [0.2, 0.25) is 0 Å². The predicted molar refractivity (Wildman–Crippen MR) is 129 cm³/mol. The minimum absolute atomic E-state index is 0.0403. The lowest BCUT2D eigenvalue weighted by Crippen LogP contribution is -2.60. The van der Waals surface area contributed by atoms with Gasteiger partial charge in [-0.25, -0.2) is 9.78 Å². The molecule has 1 saturated heterocycles. The van der Waals surface area contributed by atoms with Gasteiger partial charge in [0.25, 0.3) is 5.56 Å². The van der Waals surface area contributed by atoms with E-state index in [9.17, 15) is 14.7 Å². The highest BCUT2D eigenvalue weighted by molar-refractivity contribution is 5.78. The second-order valence-corrected chi connectivity index (χ2v) is 10.2. The van der Waals surface area contributed by atoms with Gasteiger partial charge >= 0.3 is 6.09 Å². The van der Waals surface area contributed by atoms with Crippen molar-refractivity contribution in [2.75, 3.05) is 13.1 Å². The van der Waals surface area contributed by atoms with Crippen molar-refractivity contribution >= 4 is 17.0 Å². The third kappa shape index (κ3) is 5.38. The van der Waals surface area contributed by atoms with Crippen LogP contribution in [0.3, 0.4) is 0 Å². The largest absolute Gasteiger partial charge is 0.444 e. The molecular formula is C25H38N4O4. The van der Waals surface area contributed by atoms with Crippen molar-refractivity contribution in [1.82, 2.24) is 19.4 Å². The number of aliphatic hydroxyl groups is 1. The molecule has 1 aliphatic rings. The number of hydrogen-bond donors (Lipinski definition) is 1. The first-order valence-electron chi connectivity index (χ1n) is 11.8. The maximum Gasteiger partial charge on any atom is 0.410 e. The number of piperazine rings is 1. The molecular weight excluding hydrogens is 420 g/mol. The number of nitrogens with zero attached hydrogens (tertiary/aromatic N) is 4. The Labute approximate surface area is 196 Å². The van der Waals surface area contributed by atoms with E-state index in [0.29, 0.717) is 24.0 Å². The number of aromatic nitrogens is 2. The Morgan fingerprint density at radius 1 is 1.24 bits per heavy atom. The first-order valence-corrected chi connectivity index (χ1v) is 11.8. The van der Waals surface area contributed by atoms with E-state index in [4.69, 9.17) is 9.72 Å². The summed E-state index contributed by atoms with van der Waals surface area (Å²) in [6.45, 7) is 13.1. The van der Waals surface area contributed by atoms with Gasteiger partial charge in [-0.1, -0.05) is 19.4 Å². The number of carbonyl (C=O) groups is 1. The third-order valence-electron chi connectivity index (χ3n) is 6.21. The molecule has 2 heterocycles. The van der Waals surface area contributed by atoms with Crippen LogP contribution in [0.25, 0.3) is 10.9 Å². The van der Waals surface area contributed by atoms with Gasteiger partial charge in [-0.2, -0.15) is 0 Å². The summed E-state index contributed by atoms with van der Waals surface area (Å²) in [4.78, 5) is 35.0. The van der Waals surface area contributed by atoms with E-state index in [1.807, 2.05) is 39.5 Å². The second kappa shape index (κ2) is 9.81. The summed E-state index contributed by atoms with van der Waals surface area (Å²) in [6, 6.07) is 5.14. The fourth-order valence-electron chi connectivity index (χ4n) is 4.77. The smallest absolute Gasteiger partial charge is 0.410 e. The Kier molecular flexibility index (Phi) is 7.49. The maximum atomic E-state index is 13.1. The molecule has 0 spiro atoms. The molecule has 1 N–H and O–H groups in total. The van der Waals surface area contributed by atoms with Gasteiger partial charge in [0, 0.05) is 32.2 Å². The molecule has 2 aromatic rings. The zero-order valence-corrected chi connectivity index (χ0v) is 21.0. The molecule has 182 valence electrons. The highest BCUT2D eigenvalue weighted by Gasteiger charge is 2.38. The fraction of sp³-hybridized carbons (Fsp3) is 0.640. The third-order valence-corrected chi connectivity index (χ3v) is 6.21. The number of fused-ring (bicyclic) bond motifs is 1. The predicted octanol–water partition coefficient (Wildman–Crippen LogP) is 3.60. The average molecular weight is 459 g/mol. The quantitative estimate of drug-likeness (QED) is 0.737. The van der Waals surface area contributed by atoms with Crippen molar-refractivity contribution in [2.45, 2.75) is 84.7 Å². The normalized spacial score (nSPS) is 20.8. The Morgan fingerprint density at radius 3 is 2.42 bits per heavy atom. The first-order chi connectivity index (χ1) is 15.5. The number of rotatable bonds is 5. The molecule has 3 atom stereocenters. The van der Waals surface area contributed by atoms with E-state index in [0.717, 1.165) is 24.2 Å². The molecule has 0 radical (unpaired) electrons. The second-order valence-electron chi connectivity index (χ2n) is 10.2. The van der Waals surface area contributed by atoms with Crippen LogP contribution in [-0.4, -0.2) is 61.3 Å². The fourth-order valence-corrected chi connectivity index (χ4v) is 4.77. The highest BCUT2D eigenvalue weighted by atomic mass is 16.6. The zero-order chi connectivity index (χ0) is 24.5. The van der Waals surface area contributed by atoms with E-state index in [2.05, 4.69) is 11.8 Å². The molecule has 0 saturated carbocycles. The first kappa shape index (κ1) is 25.2. The Hall–Kier alpha value is -2.45. The van der Waals surface area contributed by atoms with Gasteiger partial charge in [0.2, 0.25) is 0 Å². The van der Waals surface area contributed by atoms with E-state index in [-0.39, 0.29) is 36.4 Å². The van der Waals surface area contributed by atoms with Crippen LogP contribution < -0.4 is 5.56 Å². The lowest BCUT2D eigenvalue weighted by atomic mass is 10.0. The summed E-state index contributed by atoms with van der Waals surface area (Å²) in [6.07, 6.45) is 1.49. The van der Waals surface area contributed by atoms with Gasteiger partial charge in [0.1, 0.15) is 11.4 Å². The van der Waals surface area contributed by atoms with Gasteiger partial charge in [-0.15, -0.1) is 0 Å². The number of aliphatic hydroxyl groups excluding tert-OH is 1. The van der Waals surface area contributed by atoms with E-state index in [1.165, 1.54) is 0 Å². The molecule has 1 aromatic heterocycles. The van der Waals surface area contributed by atoms with Crippen LogP contribution in [-0.2, 0) is 18.4 Å². The lowest BCUT2D eigenvalue weighted by molar-refractivity contribution is -0.0246. The molecule has 1 unspecified atom stereocenters. The van der Waals surface area contributed by atoms with Crippen molar-refractivity contribution in [3.05, 3.63) is 39.9 Å². The Balaban J connectivity index is 1.95. The van der Waals surface area contributed by atoms with Crippen molar-refractivity contribution < 1.29 is 14.6 Å². The van der Waals surface area contributed by atoms with Gasteiger partial charge in [0.05, 0.1) is 23.6 Å². The van der Waals surface area contributed by atoms with Gasteiger partial charge in [-0.3, -0.25) is 14.3 Å². The van der Waals surface area contributed by atoms with Crippen LogP contribution >= 0.6 is 0 Å². The van der Waals surface area contributed by atoms with E-state index >= 15 is 0 Å². The molecule has 1 amide bonds. The summed E-state index contributed by atoms with van der Waals surface area (Å²) in [5, 5.41) is 10.1. The van der Waals surface area contributed by atoms with Gasteiger partial charge in [-0.05, 0) is 58.7 Å². The summed E-state index contributed by atoms with van der Waals surface area (Å²) in [5.41, 5.74) is 0.705. The number of ether oxygens (including phenoxy) is 1. The molecule has 3 rings (SSSR count). The van der Waals surface area contributed by atoms with Crippen molar-refractivity contribution in [1.29, 1.82) is 0 Å². The van der Waals surface area contributed by atoms with Crippen molar-refractivity contribution in [3.63, 3.8) is 0 Å². The average Bonchev–Trinajstić information content (AvgIpc) is 2.72. The zero-order valence-electron chi connectivity index (χ0n) is 21.0. The van der Waals surface area contributed by atoms with Crippen LogP contribution in [0.4, 0.5) is 4.79 Å². The monoisotopic (exact) mass is 458 g/mol. The summed E-state index contributed by atoms with van der Waals surface area (Å²) < 4.78 is 7.29. The topological polar surface area (TPSA) is 87.9 Å². The van der Waals surface area contributed by atoms with Crippen LogP contribution in [0, 0.1) is 0 Å². The van der Waals surface area contributed by atoms with Crippen molar-refractivity contribution in [2.24, 2.45) is 7.05 Å². The van der Waals surface area contributed by atoms with E-state index < -0.39 is 5.60 Å². The standard InChI is InChI=1S/C25H38N4O4/c1-8-9-21(22-26-20-12-18(15-30)10-11-19(20)23(31)27(22)7)28-13-16(2)29(17(3)14-28)24(32)33-25(4,5)6/h10-12,16-17,21,30H,8-9,13-15H2,1-7H3/t16-,17+,21?. The Bertz CT molecular complexity index is 1050. The maximum absolute atomic E-state index is 13.1. The molecule has 8 nitrogen and oxygen atoms in total. The summed E-state index contributed by atoms with van der Waals surface area (Å²) in [5.74, 6) is 0.717. The number of hydrogen-bond acceptors (Lipinski definition) is 6. The van der Waals surface area contributed by atoms with E-state index in [1.54, 1.807) is 29.8 Å². The minimum atomic E-state index is -0.543. The minimum Gasteiger partial charge on any atom is -0.444 e. The van der Waals surface area contributed by atoms with Crippen LogP contribution in [0.1, 0.15) is 71.8 Å². The highest BCUT2D eigenvalue weighted by Crippen LogP contribution is 2.30. The SMILES string of the molecule is CCCC(c1nc2cc(CO)ccc2c(=O)n1C)N1C[C@@H](C)N(C(=O)OC(C)(C)C)[C@@H](C)C1. The lowest BCUT2D eigenvalue weighted by Gasteiger charge is -2.47. The number of benzene rings is 1. The molecule has 0 aliphatic carbocycles. The van der Waals surface area contributed by atoms with Crippen LogP contribution in [0.15, 0.2) is 23.0 Å². The molecule has 1 aromatic carbocycles. The summed E-state index contributed by atoms with van der Waals surface area (Å²) >= 11 is 0. The van der Waals surface area contributed by atoms with Gasteiger partial charge < -0.3 is 14.7 Å². The van der Waals surface area contributed by atoms with Crippen LogP contribution in [0.5, 0.6) is 0 Å². The molecule has 1 aliphatic heterocycles.